The maximum atomic E-state index is 12.8. The summed E-state index contributed by atoms with van der Waals surface area (Å²) in [5, 5.41) is 0. The number of amides is 1. The zero-order chi connectivity index (χ0) is 13.0. The number of carbonyl (C=O) groups is 1. The van der Waals surface area contributed by atoms with Gasteiger partial charge < -0.3 is 15.4 Å². The minimum atomic E-state index is -0.128. The second-order valence-electron chi connectivity index (χ2n) is 5.86. The summed E-state index contributed by atoms with van der Waals surface area (Å²) >= 11 is 0. The van der Waals surface area contributed by atoms with Crippen LogP contribution in [0.25, 0.3) is 0 Å². The molecule has 0 aromatic carbocycles. The highest BCUT2D eigenvalue weighted by Crippen LogP contribution is 2.43. The molecule has 4 heteroatoms. The van der Waals surface area contributed by atoms with Gasteiger partial charge in [0.15, 0.2) is 0 Å². The van der Waals surface area contributed by atoms with Gasteiger partial charge in [-0.15, -0.1) is 0 Å². The molecule has 0 atom stereocenters. The summed E-state index contributed by atoms with van der Waals surface area (Å²) in [6, 6.07) is 0.285. The first-order valence-corrected chi connectivity index (χ1v) is 7.22. The maximum Gasteiger partial charge on any atom is 0.228 e. The molecule has 0 bridgehead atoms. The molecule has 0 radical (unpaired) electrons. The van der Waals surface area contributed by atoms with Crippen LogP contribution in [0, 0.1) is 5.41 Å². The smallest absolute Gasteiger partial charge is 0.228 e. The van der Waals surface area contributed by atoms with Crippen LogP contribution in [0.15, 0.2) is 0 Å². The lowest BCUT2D eigenvalue weighted by Gasteiger charge is -2.37. The molecule has 1 saturated heterocycles. The highest BCUT2D eigenvalue weighted by atomic mass is 16.5. The van der Waals surface area contributed by atoms with Crippen molar-refractivity contribution in [2.45, 2.75) is 51.0 Å². The van der Waals surface area contributed by atoms with Crippen molar-refractivity contribution in [2.75, 3.05) is 26.8 Å². The first-order valence-electron chi connectivity index (χ1n) is 7.22. The molecule has 0 aromatic heterocycles. The largest absolute Gasteiger partial charge is 0.385 e. The Morgan fingerprint density at radius 1 is 1.33 bits per heavy atom. The molecule has 1 aliphatic carbocycles. The van der Waals surface area contributed by atoms with Gasteiger partial charge in [-0.25, -0.2) is 0 Å². The average Bonchev–Trinajstić information content (AvgIpc) is 2.86. The van der Waals surface area contributed by atoms with E-state index < -0.39 is 0 Å². The minimum absolute atomic E-state index is 0.128. The Hall–Kier alpha value is -0.610. The van der Waals surface area contributed by atoms with Crippen molar-refractivity contribution in [2.24, 2.45) is 11.1 Å². The minimum Gasteiger partial charge on any atom is -0.385 e. The van der Waals surface area contributed by atoms with Crippen molar-refractivity contribution in [3.63, 3.8) is 0 Å². The summed E-state index contributed by atoms with van der Waals surface area (Å²) in [5.74, 6) is 0.365. The molecule has 1 aliphatic heterocycles. The van der Waals surface area contributed by atoms with Crippen molar-refractivity contribution in [1.29, 1.82) is 0 Å². The molecule has 104 valence electrons. The van der Waals surface area contributed by atoms with Crippen LogP contribution < -0.4 is 5.73 Å². The van der Waals surface area contributed by atoms with Crippen molar-refractivity contribution < 1.29 is 9.53 Å². The van der Waals surface area contributed by atoms with Crippen LogP contribution in [-0.2, 0) is 9.53 Å². The molecule has 18 heavy (non-hydrogen) atoms. The van der Waals surface area contributed by atoms with Gasteiger partial charge in [-0.3, -0.25) is 4.79 Å². The SMILES string of the molecule is COCCC1(C(=O)N2CCC(N)CC2)CCCC1. The fraction of sp³-hybridized carbons (Fsp3) is 0.929. The summed E-state index contributed by atoms with van der Waals surface area (Å²) in [4.78, 5) is 14.8. The van der Waals surface area contributed by atoms with E-state index in [-0.39, 0.29) is 11.5 Å². The first kappa shape index (κ1) is 13.8. The van der Waals surface area contributed by atoms with Gasteiger partial charge in [0.1, 0.15) is 0 Å². The summed E-state index contributed by atoms with van der Waals surface area (Å²) in [5.41, 5.74) is 5.78. The standard InChI is InChI=1S/C14H26N2O2/c1-18-11-8-14(6-2-3-7-14)13(17)16-9-4-12(15)5-10-16/h12H,2-11,15H2,1H3. The van der Waals surface area contributed by atoms with Crippen LogP contribution in [0.1, 0.15) is 44.9 Å². The highest BCUT2D eigenvalue weighted by Gasteiger charge is 2.43. The summed E-state index contributed by atoms with van der Waals surface area (Å²) in [6.45, 7) is 2.38. The quantitative estimate of drug-likeness (QED) is 0.828. The van der Waals surface area contributed by atoms with Crippen molar-refractivity contribution in [3.05, 3.63) is 0 Å². The van der Waals surface area contributed by atoms with Crippen molar-refractivity contribution in [3.8, 4) is 0 Å². The van der Waals surface area contributed by atoms with Crippen LogP contribution >= 0.6 is 0 Å². The number of piperidine rings is 1. The molecular weight excluding hydrogens is 228 g/mol. The van der Waals surface area contributed by atoms with E-state index in [4.69, 9.17) is 10.5 Å². The van der Waals surface area contributed by atoms with Crippen LogP contribution in [0.5, 0.6) is 0 Å². The fourth-order valence-electron chi connectivity index (χ4n) is 3.36. The number of rotatable bonds is 4. The van der Waals surface area contributed by atoms with E-state index in [1.807, 2.05) is 4.90 Å². The molecular formula is C14H26N2O2. The van der Waals surface area contributed by atoms with Gasteiger partial charge in [-0.2, -0.15) is 0 Å². The zero-order valence-corrected chi connectivity index (χ0v) is 11.5. The van der Waals surface area contributed by atoms with Crippen LogP contribution in [0.4, 0.5) is 0 Å². The Labute approximate surface area is 110 Å². The second-order valence-corrected chi connectivity index (χ2v) is 5.86. The normalized spacial score (nSPS) is 24.4. The number of hydrogen-bond donors (Lipinski definition) is 1. The molecule has 1 saturated carbocycles. The Kier molecular flexibility index (Phi) is 4.62. The predicted octanol–water partition coefficient (Wildman–Crippen LogP) is 1.53. The van der Waals surface area contributed by atoms with Gasteiger partial charge >= 0.3 is 0 Å². The first-order chi connectivity index (χ1) is 8.68. The van der Waals surface area contributed by atoms with E-state index in [9.17, 15) is 4.79 Å². The predicted molar refractivity (Wildman–Crippen MR) is 71.2 cm³/mol. The van der Waals surface area contributed by atoms with Crippen molar-refractivity contribution >= 4 is 5.91 Å². The molecule has 1 amide bonds. The molecule has 2 rings (SSSR count). The molecule has 0 unspecified atom stereocenters. The van der Waals surface area contributed by atoms with Gasteiger partial charge in [0.2, 0.25) is 5.91 Å². The average molecular weight is 254 g/mol. The number of hydrogen-bond acceptors (Lipinski definition) is 3. The van der Waals surface area contributed by atoms with E-state index in [0.29, 0.717) is 12.5 Å². The molecule has 2 fully saturated rings. The highest BCUT2D eigenvalue weighted by molar-refractivity contribution is 5.83. The summed E-state index contributed by atoms with van der Waals surface area (Å²) in [7, 11) is 1.72. The number of likely N-dealkylation sites (tertiary alicyclic amines) is 1. The number of nitrogens with zero attached hydrogens (tertiary/aromatic N) is 1. The number of nitrogens with two attached hydrogens (primary N) is 1. The monoisotopic (exact) mass is 254 g/mol. The fourth-order valence-corrected chi connectivity index (χ4v) is 3.36. The summed E-state index contributed by atoms with van der Waals surface area (Å²) < 4.78 is 5.19. The Balaban J connectivity index is 1.99. The van der Waals surface area contributed by atoms with Crippen molar-refractivity contribution in [1.82, 2.24) is 4.90 Å². The van der Waals surface area contributed by atoms with Gasteiger partial charge in [0.05, 0.1) is 5.41 Å². The molecule has 0 spiro atoms. The van der Waals surface area contributed by atoms with E-state index in [0.717, 1.165) is 45.2 Å². The lowest BCUT2D eigenvalue weighted by Crippen LogP contribution is -2.49. The Bertz CT molecular complexity index is 280. The van der Waals surface area contributed by atoms with Crippen LogP contribution in [0.3, 0.4) is 0 Å². The molecule has 0 aromatic rings. The van der Waals surface area contributed by atoms with E-state index >= 15 is 0 Å². The van der Waals surface area contributed by atoms with Gasteiger partial charge in [-0.1, -0.05) is 12.8 Å². The van der Waals surface area contributed by atoms with E-state index in [1.54, 1.807) is 7.11 Å². The third-order valence-corrected chi connectivity index (χ3v) is 4.63. The second kappa shape index (κ2) is 6.02. The Morgan fingerprint density at radius 2 is 1.94 bits per heavy atom. The number of ether oxygens (including phenoxy) is 1. The van der Waals surface area contributed by atoms with Crippen LogP contribution in [-0.4, -0.2) is 43.7 Å². The van der Waals surface area contributed by atoms with E-state index in [2.05, 4.69) is 0 Å². The molecule has 4 nitrogen and oxygen atoms in total. The molecule has 2 N–H and O–H groups in total. The van der Waals surface area contributed by atoms with Gasteiger partial charge in [0, 0.05) is 32.8 Å². The van der Waals surface area contributed by atoms with Gasteiger partial charge in [0.25, 0.3) is 0 Å². The number of methoxy groups -OCH3 is 1. The molecule has 2 aliphatic rings. The zero-order valence-electron chi connectivity index (χ0n) is 11.5. The topological polar surface area (TPSA) is 55.6 Å². The Morgan fingerprint density at radius 3 is 2.50 bits per heavy atom. The maximum absolute atomic E-state index is 12.8. The third-order valence-electron chi connectivity index (χ3n) is 4.63. The lowest BCUT2D eigenvalue weighted by atomic mass is 9.81. The van der Waals surface area contributed by atoms with Gasteiger partial charge in [-0.05, 0) is 32.1 Å². The number of carbonyl (C=O) groups excluding carboxylic acids is 1. The lowest BCUT2D eigenvalue weighted by molar-refractivity contribution is -0.144. The molecule has 1 heterocycles. The third kappa shape index (κ3) is 2.86. The van der Waals surface area contributed by atoms with Crippen LogP contribution in [0.2, 0.25) is 0 Å². The van der Waals surface area contributed by atoms with E-state index in [1.165, 1.54) is 12.8 Å². The summed E-state index contributed by atoms with van der Waals surface area (Å²) in [6.07, 6.45) is 7.23.